The Balaban J connectivity index is 2.16. The molecule has 7 heteroatoms. The lowest BCUT2D eigenvalue weighted by molar-refractivity contribution is 0.463. The van der Waals surface area contributed by atoms with E-state index in [1.807, 2.05) is 0 Å². The molecule has 0 bridgehead atoms. The lowest BCUT2D eigenvalue weighted by Gasteiger charge is -2.07. The second kappa shape index (κ2) is 5.26. The van der Waals surface area contributed by atoms with Crippen LogP contribution in [0.4, 0.5) is 5.69 Å². The summed E-state index contributed by atoms with van der Waals surface area (Å²) in [5.74, 6) is 1.03. The van der Waals surface area contributed by atoms with E-state index in [1.165, 1.54) is 12.1 Å². The van der Waals surface area contributed by atoms with Crippen molar-refractivity contribution < 1.29 is 12.8 Å². The van der Waals surface area contributed by atoms with Gasteiger partial charge >= 0.3 is 0 Å². The molecule has 6 nitrogen and oxygen atoms in total. The van der Waals surface area contributed by atoms with E-state index in [2.05, 4.69) is 9.71 Å². The average molecular weight is 295 g/mol. The summed E-state index contributed by atoms with van der Waals surface area (Å²) in [5, 5.41) is 0. The van der Waals surface area contributed by atoms with Crippen molar-refractivity contribution in [3.8, 4) is 0 Å². The molecule has 0 saturated heterocycles. The summed E-state index contributed by atoms with van der Waals surface area (Å²) in [6.07, 6.45) is 0. The number of hydrogen-bond donors (Lipinski definition) is 2. The molecule has 3 N–H and O–H groups in total. The van der Waals surface area contributed by atoms with Crippen LogP contribution in [0.1, 0.15) is 22.9 Å². The number of nitrogens with one attached hydrogen (secondary N) is 1. The molecular weight excluding hydrogens is 278 g/mol. The fourth-order valence-corrected chi connectivity index (χ4v) is 2.73. The molecule has 0 aliphatic rings. The molecule has 108 valence electrons. The number of nitrogens with two attached hydrogens (primary N) is 1. The summed E-state index contributed by atoms with van der Waals surface area (Å²) in [4.78, 5) is 4.30. The standard InChI is InChI=1S/C13H17N3O3S/c1-8-6-11(4-5-12(8)14)20(17,18)15-7-13-16-9(2)10(3)19-13/h4-6,15H,7,14H2,1-3H3. The van der Waals surface area contributed by atoms with Gasteiger partial charge in [0.2, 0.25) is 15.9 Å². The number of aromatic nitrogens is 1. The topological polar surface area (TPSA) is 98.2 Å². The predicted octanol–water partition coefficient (Wildman–Crippen LogP) is 1.66. The second-order valence-corrected chi connectivity index (χ2v) is 6.36. The zero-order valence-electron chi connectivity index (χ0n) is 11.6. The molecule has 0 amide bonds. The molecule has 1 heterocycles. The lowest BCUT2D eigenvalue weighted by Crippen LogP contribution is -2.23. The van der Waals surface area contributed by atoms with Crippen LogP contribution in [0.25, 0.3) is 0 Å². The van der Waals surface area contributed by atoms with Gasteiger partial charge in [0.25, 0.3) is 0 Å². The van der Waals surface area contributed by atoms with E-state index in [0.29, 0.717) is 17.3 Å². The Kier molecular flexibility index (Phi) is 3.82. The molecule has 0 aliphatic carbocycles. The van der Waals surface area contributed by atoms with Gasteiger partial charge in [0.15, 0.2) is 0 Å². The Morgan fingerprint density at radius 2 is 2.00 bits per heavy atom. The molecule has 2 rings (SSSR count). The summed E-state index contributed by atoms with van der Waals surface area (Å²) in [6.45, 7) is 5.36. The first-order valence-corrected chi connectivity index (χ1v) is 7.56. The Labute approximate surface area is 118 Å². The van der Waals surface area contributed by atoms with E-state index < -0.39 is 10.0 Å². The Morgan fingerprint density at radius 3 is 2.55 bits per heavy atom. The van der Waals surface area contributed by atoms with Crippen LogP contribution in [-0.4, -0.2) is 13.4 Å². The number of benzene rings is 1. The van der Waals surface area contributed by atoms with Crippen LogP contribution < -0.4 is 10.5 Å². The first kappa shape index (κ1) is 14.5. The van der Waals surface area contributed by atoms with Gasteiger partial charge in [-0.2, -0.15) is 0 Å². The Morgan fingerprint density at radius 1 is 1.30 bits per heavy atom. The van der Waals surface area contributed by atoms with Crippen molar-refractivity contribution in [3.63, 3.8) is 0 Å². The second-order valence-electron chi connectivity index (χ2n) is 4.59. The van der Waals surface area contributed by atoms with E-state index in [1.54, 1.807) is 26.8 Å². The molecule has 0 saturated carbocycles. The first-order chi connectivity index (χ1) is 9.29. The fraction of sp³-hybridized carbons (Fsp3) is 0.308. The number of hydrogen-bond acceptors (Lipinski definition) is 5. The van der Waals surface area contributed by atoms with Gasteiger partial charge in [0, 0.05) is 5.69 Å². The van der Waals surface area contributed by atoms with E-state index in [0.717, 1.165) is 11.3 Å². The van der Waals surface area contributed by atoms with Crippen LogP contribution in [-0.2, 0) is 16.6 Å². The van der Waals surface area contributed by atoms with Crippen molar-refractivity contribution in [2.24, 2.45) is 0 Å². The summed E-state index contributed by atoms with van der Waals surface area (Å²) in [7, 11) is -3.61. The monoisotopic (exact) mass is 295 g/mol. The van der Waals surface area contributed by atoms with Crippen LogP contribution in [0.3, 0.4) is 0 Å². The Hall–Kier alpha value is -1.86. The zero-order valence-corrected chi connectivity index (χ0v) is 12.4. The van der Waals surface area contributed by atoms with Crippen LogP contribution in [0.2, 0.25) is 0 Å². The molecule has 2 aromatic rings. The summed E-state index contributed by atoms with van der Waals surface area (Å²) < 4.78 is 32.1. The number of anilines is 1. The van der Waals surface area contributed by atoms with Gasteiger partial charge < -0.3 is 10.2 Å². The number of sulfonamides is 1. The van der Waals surface area contributed by atoms with Gasteiger partial charge in [-0.15, -0.1) is 0 Å². The third kappa shape index (κ3) is 3.00. The fourth-order valence-electron chi connectivity index (χ4n) is 1.67. The van der Waals surface area contributed by atoms with Crippen molar-refractivity contribution >= 4 is 15.7 Å². The normalized spacial score (nSPS) is 11.8. The maximum absolute atomic E-state index is 12.1. The van der Waals surface area contributed by atoms with Crippen LogP contribution in [0, 0.1) is 20.8 Å². The minimum absolute atomic E-state index is 0.0143. The molecule has 1 aromatic heterocycles. The SMILES string of the molecule is Cc1cc(S(=O)(=O)NCc2nc(C)c(C)o2)ccc1N. The van der Waals surface area contributed by atoms with E-state index in [-0.39, 0.29) is 11.4 Å². The molecular formula is C13H17N3O3S. The minimum Gasteiger partial charge on any atom is -0.444 e. The van der Waals surface area contributed by atoms with Gasteiger partial charge in [0.1, 0.15) is 5.76 Å². The molecule has 1 aromatic carbocycles. The predicted molar refractivity (Wildman–Crippen MR) is 75.6 cm³/mol. The van der Waals surface area contributed by atoms with Gasteiger partial charge in [-0.05, 0) is 44.5 Å². The van der Waals surface area contributed by atoms with Gasteiger partial charge in [-0.25, -0.2) is 18.1 Å². The smallest absolute Gasteiger partial charge is 0.241 e. The molecule has 20 heavy (non-hydrogen) atoms. The van der Waals surface area contributed by atoms with E-state index >= 15 is 0 Å². The van der Waals surface area contributed by atoms with Crippen molar-refractivity contribution in [2.45, 2.75) is 32.2 Å². The molecule has 0 aliphatic heterocycles. The van der Waals surface area contributed by atoms with Crippen molar-refractivity contribution in [1.29, 1.82) is 0 Å². The highest BCUT2D eigenvalue weighted by molar-refractivity contribution is 7.89. The lowest BCUT2D eigenvalue weighted by atomic mass is 10.2. The summed E-state index contributed by atoms with van der Waals surface area (Å²) in [5.41, 5.74) is 7.70. The minimum atomic E-state index is -3.61. The Bertz CT molecular complexity index is 716. The third-order valence-electron chi connectivity index (χ3n) is 3.04. The molecule has 0 unspecified atom stereocenters. The largest absolute Gasteiger partial charge is 0.444 e. The van der Waals surface area contributed by atoms with Crippen LogP contribution in [0.5, 0.6) is 0 Å². The third-order valence-corrected chi connectivity index (χ3v) is 4.44. The van der Waals surface area contributed by atoms with Crippen molar-refractivity contribution in [1.82, 2.24) is 9.71 Å². The van der Waals surface area contributed by atoms with Crippen LogP contribution in [0.15, 0.2) is 27.5 Å². The number of oxazole rings is 1. The van der Waals surface area contributed by atoms with Crippen LogP contribution >= 0.6 is 0 Å². The first-order valence-electron chi connectivity index (χ1n) is 6.08. The van der Waals surface area contributed by atoms with E-state index in [4.69, 9.17) is 10.2 Å². The van der Waals surface area contributed by atoms with Crippen molar-refractivity contribution in [3.05, 3.63) is 41.1 Å². The van der Waals surface area contributed by atoms with Crippen molar-refractivity contribution in [2.75, 3.05) is 5.73 Å². The number of rotatable bonds is 4. The highest BCUT2D eigenvalue weighted by atomic mass is 32.2. The quantitative estimate of drug-likeness (QED) is 0.836. The number of aryl methyl sites for hydroxylation is 3. The van der Waals surface area contributed by atoms with Gasteiger partial charge in [-0.3, -0.25) is 0 Å². The maximum Gasteiger partial charge on any atom is 0.241 e. The average Bonchev–Trinajstić information content (AvgIpc) is 2.70. The summed E-state index contributed by atoms with van der Waals surface area (Å²) >= 11 is 0. The summed E-state index contributed by atoms with van der Waals surface area (Å²) in [6, 6.07) is 4.57. The van der Waals surface area contributed by atoms with Gasteiger partial charge in [-0.1, -0.05) is 0 Å². The molecule has 0 spiro atoms. The highest BCUT2D eigenvalue weighted by Crippen LogP contribution is 2.17. The van der Waals surface area contributed by atoms with Gasteiger partial charge in [0.05, 0.1) is 17.1 Å². The zero-order chi connectivity index (χ0) is 14.9. The number of nitrogen functional groups attached to an aromatic ring is 1. The van der Waals surface area contributed by atoms with E-state index in [9.17, 15) is 8.42 Å². The number of nitrogens with zero attached hydrogens (tertiary/aromatic N) is 1. The highest BCUT2D eigenvalue weighted by Gasteiger charge is 2.16. The molecule has 0 radical (unpaired) electrons. The maximum atomic E-state index is 12.1. The molecule has 0 atom stereocenters. The molecule has 0 fully saturated rings.